The summed E-state index contributed by atoms with van der Waals surface area (Å²) >= 11 is 1.39. The summed E-state index contributed by atoms with van der Waals surface area (Å²) in [7, 11) is 0. The van der Waals surface area contributed by atoms with Crippen molar-refractivity contribution >= 4 is 16.7 Å². The average Bonchev–Trinajstić information content (AvgIpc) is 2.76. The predicted octanol–water partition coefficient (Wildman–Crippen LogP) is 2.60. The second-order valence-corrected chi connectivity index (χ2v) is 5.66. The summed E-state index contributed by atoms with van der Waals surface area (Å²) in [5, 5.41) is 14.4. The van der Waals surface area contributed by atoms with Gasteiger partial charge in [-0.05, 0) is 19.3 Å². The van der Waals surface area contributed by atoms with Gasteiger partial charge in [0.15, 0.2) is 0 Å². The van der Waals surface area contributed by atoms with Crippen molar-refractivity contribution in [1.29, 1.82) is 0 Å². The van der Waals surface area contributed by atoms with Gasteiger partial charge in [0.05, 0.1) is 5.60 Å². The third kappa shape index (κ3) is 3.64. The molecule has 1 aromatic rings. The van der Waals surface area contributed by atoms with Gasteiger partial charge in [-0.3, -0.25) is 0 Å². The van der Waals surface area contributed by atoms with Gasteiger partial charge in [-0.15, -0.1) is 0 Å². The van der Waals surface area contributed by atoms with Gasteiger partial charge < -0.3 is 10.4 Å². The number of aryl methyl sites for hydroxylation is 1. The second-order valence-electron chi connectivity index (χ2n) is 4.90. The summed E-state index contributed by atoms with van der Waals surface area (Å²) in [6.07, 6.45) is 7.33. The van der Waals surface area contributed by atoms with Crippen LogP contribution in [-0.4, -0.2) is 26.6 Å². The molecule has 1 saturated carbocycles. The van der Waals surface area contributed by atoms with Crippen LogP contribution in [0.5, 0.6) is 0 Å². The van der Waals surface area contributed by atoms with Crippen LogP contribution in [0.2, 0.25) is 0 Å². The van der Waals surface area contributed by atoms with Crippen molar-refractivity contribution < 1.29 is 5.11 Å². The predicted molar refractivity (Wildman–Crippen MR) is 70.4 cm³/mol. The monoisotopic (exact) mass is 255 g/mol. The van der Waals surface area contributed by atoms with E-state index in [1.807, 2.05) is 0 Å². The van der Waals surface area contributed by atoms with E-state index in [0.29, 0.717) is 6.54 Å². The van der Waals surface area contributed by atoms with Gasteiger partial charge in [0, 0.05) is 24.5 Å². The molecule has 1 aliphatic rings. The third-order valence-corrected chi connectivity index (χ3v) is 4.01. The molecule has 1 fully saturated rings. The van der Waals surface area contributed by atoms with Crippen LogP contribution in [0.3, 0.4) is 0 Å². The van der Waals surface area contributed by atoms with Gasteiger partial charge in [0.1, 0.15) is 5.82 Å². The fourth-order valence-electron chi connectivity index (χ4n) is 2.28. The molecule has 0 saturated heterocycles. The molecule has 0 aliphatic heterocycles. The zero-order valence-electron chi connectivity index (χ0n) is 10.4. The number of nitrogens with zero attached hydrogens (tertiary/aromatic N) is 2. The molecule has 0 atom stereocenters. The summed E-state index contributed by atoms with van der Waals surface area (Å²) in [4.78, 5) is 4.40. The smallest absolute Gasteiger partial charge is 0.202 e. The molecule has 2 rings (SSSR count). The molecule has 1 aromatic heterocycles. The van der Waals surface area contributed by atoms with E-state index in [4.69, 9.17) is 0 Å². The SMILES string of the molecule is CCCc1nsc(NCC2(O)CCCCC2)n1. The Labute approximate surface area is 107 Å². The maximum absolute atomic E-state index is 10.3. The van der Waals surface area contributed by atoms with Crippen LogP contribution in [0.15, 0.2) is 0 Å². The lowest BCUT2D eigenvalue weighted by molar-refractivity contribution is 0.0167. The quantitative estimate of drug-likeness (QED) is 0.849. The number of anilines is 1. The van der Waals surface area contributed by atoms with Gasteiger partial charge in [-0.25, -0.2) is 4.98 Å². The van der Waals surface area contributed by atoms with Crippen molar-refractivity contribution in [3.8, 4) is 0 Å². The molecule has 5 heteroatoms. The molecular formula is C12H21N3OS. The molecule has 1 aliphatic carbocycles. The van der Waals surface area contributed by atoms with Gasteiger partial charge in [0.25, 0.3) is 0 Å². The minimum absolute atomic E-state index is 0.533. The standard InChI is InChI=1S/C12H21N3OS/c1-2-6-10-14-11(17-15-10)13-9-12(16)7-4-3-5-8-12/h16H,2-9H2,1H3,(H,13,14,15). The van der Waals surface area contributed by atoms with E-state index in [-0.39, 0.29) is 0 Å². The van der Waals surface area contributed by atoms with Crippen LogP contribution in [0, 0.1) is 0 Å². The lowest BCUT2D eigenvalue weighted by Gasteiger charge is -2.31. The molecule has 1 heterocycles. The minimum atomic E-state index is -0.533. The highest BCUT2D eigenvalue weighted by molar-refractivity contribution is 7.09. The molecule has 96 valence electrons. The molecule has 0 spiro atoms. The van der Waals surface area contributed by atoms with Crippen molar-refractivity contribution in [2.45, 2.75) is 57.5 Å². The Morgan fingerprint density at radius 2 is 2.12 bits per heavy atom. The van der Waals surface area contributed by atoms with Crippen LogP contribution in [0.25, 0.3) is 0 Å². The van der Waals surface area contributed by atoms with Crippen molar-refractivity contribution in [3.05, 3.63) is 5.82 Å². The van der Waals surface area contributed by atoms with E-state index >= 15 is 0 Å². The largest absolute Gasteiger partial charge is 0.388 e. The fraction of sp³-hybridized carbons (Fsp3) is 0.833. The van der Waals surface area contributed by atoms with Crippen LogP contribution >= 0.6 is 11.5 Å². The number of hydrogen-bond donors (Lipinski definition) is 2. The maximum atomic E-state index is 10.3. The molecular weight excluding hydrogens is 234 g/mol. The second kappa shape index (κ2) is 5.78. The number of aliphatic hydroxyl groups is 1. The van der Waals surface area contributed by atoms with Gasteiger partial charge in [0.2, 0.25) is 5.13 Å². The Kier molecular flexibility index (Phi) is 4.34. The topological polar surface area (TPSA) is 58.0 Å². The molecule has 0 unspecified atom stereocenters. The van der Waals surface area contributed by atoms with Gasteiger partial charge in [-0.2, -0.15) is 4.37 Å². The van der Waals surface area contributed by atoms with Crippen molar-refractivity contribution in [2.24, 2.45) is 0 Å². The molecule has 17 heavy (non-hydrogen) atoms. The van der Waals surface area contributed by atoms with Crippen LogP contribution in [-0.2, 0) is 6.42 Å². The first-order valence-electron chi connectivity index (χ1n) is 6.51. The Morgan fingerprint density at radius 3 is 2.82 bits per heavy atom. The summed E-state index contributed by atoms with van der Waals surface area (Å²) in [5.41, 5.74) is -0.533. The van der Waals surface area contributed by atoms with Crippen LogP contribution in [0.1, 0.15) is 51.3 Å². The van der Waals surface area contributed by atoms with Gasteiger partial charge >= 0.3 is 0 Å². The Bertz CT molecular complexity index is 347. The number of aromatic nitrogens is 2. The maximum Gasteiger partial charge on any atom is 0.202 e. The highest BCUT2D eigenvalue weighted by Gasteiger charge is 2.29. The lowest BCUT2D eigenvalue weighted by Crippen LogP contribution is -2.38. The molecule has 0 bridgehead atoms. The summed E-state index contributed by atoms with van der Waals surface area (Å²) in [6.45, 7) is 2.73. The zero-order chi connectivity index (χ0) is 12.1. The molecule has 4 nitrogen and oxygen atoms in total. The number of nitrogens with one attached hydrogen (secondary N) is 1. The summed E-state index contributed by atoms with van der Waals surface area (Å²) in [5.74, 6) is 0.913. The fourth-order valence-corrected chi connectivity index (χ4v) is 2.88. The van der Waals surface area contributed by atoms with E-state index < -0.39 is 5.60 Å². The van der Waals surface area contributed by atoms with E-state index in [2.05, 4.69) is 21.6 Å². The molecule has 0 aromatic carbocycles. The van der Waals surface area contributed by atoms with Crippen LogP contribution < -0.4 is 5.32 Å². The summed E-state index contributed by atoms with van der Waals surface area (Å²) in [6, 6.07) is 0. The average molecular weight is 255 g/mol. The highest BCUT2D eigenvalue weighted by atomic mass is 32.1. The lowest BCUT2D eigenvalue weighted by atomic mass is 9.85. The van der Waals surface area contributed by atoms with Crippen molar-refractivity contribution in [3.63, 3.8) is 0 Å². The van der Waals surface area contributed by atoms with E-state index in [0.717, 1.165) is 49.5 Å². The Morgan fingerprint density at radius 1 is 1.35 bits per heavy atom. The Hall–Kier alpha value is -0.680. The molecule has 0 radical (unpaired) electrons. The number of rotatable bonds is 5. The van der Waals surface area contributed by atoms with Crippen molar-refractivity contribution in [2.75, 3.05) is 11.9 Å². The van der Waals surface area contributed by atoms with E-state index in [1.54, 1.807) is 0 Å². The number of hydrogen-bond acceptors (Lipinski definition) is 5. The zero-order valence-corrected chi connectivity index (χ0v) is 11.2. The highest BCUT2D eigenvalue weighted by Crippen LogP contribution is 2.28. The van der Waals surface area contributed by atoms with Crippen molar-refractivity contribution in [1.82, 2.24) is 9.36 Å². The normalized spacial score (nSPS) is 19.2. The van der Waals surface area contributed by atoms with E-state index in [1.165, 1.54) is 18.0 Å². The summed E-state index contributed by atoms with van der Waals surface area (Å²) < 4.78 is 4.28. The van der Waals surface area contributed by atoms with Crippen LogP contribution in [0.4, 0.5) is 5.13 Å². The molecule has 2 N–H and O–H groups in total. The third-order valence-electron chi connectivity index (χ3n) is 3.29. The Balaban J connectivity index is 1.83. The first kappa shape index (κ1) is 12.8. The minimum Gasteiger partial charge on any atom is -0.388 e. The van der Waals surface area contributed by atoms with Gasteiger partial charge in [-0.1, -0.05) is 26.2 Å². The first-order valence-corrected chi connectivity index (χ1v) is 7.28. The first-order chi connectivity index (χ1) is 8.22. The van der Waals surface area contributed by atoms with E-state index in [9.17, 15) is 5.11 Å². The molecule has 0 amide bonds.